The Morgan fingerprint density at radius 2 is 1.86 bits per heavy atom. The summed E-state index contributed by atoms with van der Waals surface area (Å²) < 4.78 is 1.73. The summed E-state index contributed by atoms with van der Waals surface area (Å²) in [6.07, 6.45) is 1.41. The van der Waals surface area contributed by atoms with Crippen molar-refractivity contribution in [2.75, 3.05) is 0 Å². The Bertz CT molecular complexity index is 698. The molecule has 0 bridgehead atoms. The third-order valence-corrected chi connectivity index (χ3v) is 3.76. The molecule has 4 nitrogen and oxygen atoms in total. The molecule has 6 heteroatoms. The molecule has 2 aromatic rings. The minimum absolute atomic E-state index is 0.139. The molecule has 0 aromatic heterocycles. The average molecular weight is 412 g/mol. The third kappa shape index (κ3) is 4.15. The van der Waals surface area contributed by atoms with Crippen LogP contribution in [0.15, 0.2) is 50.4 Å². The molecular weight excluding hydrogens is 400 g/mol. The van der Waals surface area contributed by atoms with E-state index < -0.39 is 0 Å². The molecule has 0 saturated carbocycles. The monoisotopic (exact) mass is 410 g/mol. The molecule has 0 saturated heterocycles. The van der Waals surface area contributed by atoms with Gasteiger partial charge in [-0.3, -0.25) is 4.79 Å². The highest BCUT2D eigenvalue weighted by Gasteiger charge is 2.05. The van der Waals surface area contributed by atoms with Crippen molar-refractivity contribution in [3.8, 4) is 5.75 Å². The van der Waals surface area contributed by atoms with Crippen molar-refractivity contribution in [3.05, 3.63) is 62.0 Å². The quantitative estimate of drug-likeness (QED) is 0.592. The van der Waals surface area contributed by atoms with Crippen LogP contribution in [-0.2, 0) is 0 Å². The number of aromatic hydroxyl groups is 1. The summed E-state index contributed by atoms with van der Waals surface area (Å²) in [6.45, 7) is 1.79. The topological polar surface area (TPSA) is 61.7 Å². The van der Waals surface area contributed by atoms with Gasteiger partial charge < -0.3 is 5.11 Å². The number of nitrogens with one attached hydrogen (secondary N) is 1. The van der Waals surface area contributed by atoms with Crippen LogP contribution in [0, 0.1) is 6.92 Å². The summed E-state index contributed by atoms with van der Waals surface area (Å²) in [5, 5.41) is 13.8. The summed E-state index contributed by atoms with van der Waals surface area (Å²) in [5.41, 5.74) is 4.18. The minimum atomic E-state index is -0.315. The molecule has 0 unspecified atom stereocenters. The van der Waals surface area contributed by atoms with E-state index in [1.54, 1.807) is 43.3 Å². The lowest BCUT2D eigenvalue weighted by Crippen LogP contribution is -2.17. The van der Waals surface area contributed by atoms with Crippen LogP contribution < -0.4 is 5.43 Å². The van der Waals surface area contributed by atoms with Gasteiger partial charge >= 0.3 is 0 Å². The molecule has 0 fully saturated rings. The molecule has 108 valence electrons. The van der Waals surface area contributed by atoms with Gasteiger partial charge in [-0.15, -0.1) is 0 Å². The van der Waals surface area contributed by atoms with E-state index in [4.69, 9.17) is 0 Å². The van der Waals surface area contributed by atoms with Gasteiger partial charge in [0.1, 0.15) is 5.75 Å². The molecule has 2 N–H and O–H groups in total. The number of amides is 1. The van der Waals surface area contributed by atoms with Gasteiger partial charge in [-0.05, 0) is 48.9 Å². The van der Waals surface area contributed by atoms with Crippen molar-refractivity contribution in [2.45, 2.75) is 6.92 Å². The Morgan fingerprint density at radius 3 is 2.52 bits per heavy atom. The zero-order valence-electron chi connectivity index (χ0n) is 11.1. The highest BCUT2D eigenvalue weighted by Crippen LogP contribution is 2.25. The Balaban J connectivity index is 2.09. The molecule has 0 aliphatic rings. The number of aryl methyl sites for hydroxylation is 1. The first-order valence-corrected chi connectivity index (χ1v) is 7.64. The molecule has 21 heavy (non-hydrogen) atoms. The first kappa shape index (κ1) is 15.7. The lowest BCUT2D eigenvalue weighted by atomic mass is 10.1. The molecule has 0 aliphatic heterocycles. The first-order chi connectivity index (χ1) is 9.97. The Kier molecular flexibility index (Phi) is 5.14. The van der Waals surface area contributed by atoms with Crippen LogP contribution in [0.4, 0.5) is 0 Å². The normalized spacial score (nSPS) is 10.8. The van der Waals surface area contributed by atoms with Crippen LogP contribution in [0.3, 0.4) is 0 Å². The number of rotatable bonds is 3. The zero-order valence-corrected chi connectivity index (χ0v) is 14.3. The van der Waals surface area contributed by atoms with E-state index in [1.165, 1.54) is 6.21 Å². The maximum absolute atomic E-state index is 11.9. The Morgan fingerprint density at radius 1 is 1.19 bits per heavy atom. The number of carbonyl (C=O) groups excluding carboxylic acids is 1. The van der Waals surface area contributed by atoms with Gasteiger partial charge in [0.15, 0.2) is 0 Å². The van der Waals surface area contributed by atoms with Crippen molar-refractivity contribution >= 4 is 44.0 Å². The fourth-order valence-corrected chi connectivity index (χ4v) is 2.54. The number of halogens is 2. The van der Waals surface area contributed by atoms with Crippen molar-refractivity contribution in [1.82, 2.24) is 5.43 Å². The maximum Gasteiger partial charge on any atom is 0.271 e. The van der Waals surface area contributed by atoms with Gasteiger partial charge in [0, 0.05) is 20.1 Å². The summed E-state index contributed by atoms with van der Waals surface area (Å²) in [7, 11) is 0. The van der Waals surface area contributed by atoms with E-state index in [9.17, 15) is 9.90 Å². The number of phenolic OH excluding ortho intramolecular Hbond substituents is 1. The maximum atomic E-state index is 11.9. The van der Waals surface area contributed by atoms with Crippen molar-refractivity contribution in [1.29, 1.82) is 0 Å². The second-order valence-corrected chi connectivity index (χ2v) is 6.20. The predicted octanol–water partition coefficient (Wildman–Crippen LogP) is 3.99. The lowest BCUT2D eigenvalue weighted by molar-refractivity contribution is 0.0955. The number of hydrogen-bond donors (Lipinski definition) is 2. The van der Waals surface area contributed by atoms with Crippen molar-refractivity contribution in [3.63, 3.8) is 0 Å². The predicted molar refractivity (Wildman–Crippen MR) is 89.7 cm³/mol. The first-order valence-electron chi connectivity index (χ1n) is 6.05. The summed E-state index contributed by atoms with van der Waals surface area (Å²) in [4.78, 5) is 11.9. The van der Waals surface area contributed by atoms with E-state index in [2.05, 4.69) is 42.4 Å². The van der Waals surface area contributed by atoms with Crippen molar-refractivity contribution < 1.29 is 9.90 Å². The zero-order chi connectivity index (χ0) is 15.4. The Labute approximate surface area is 139 Å². The molecule has 2 rings (SSSR count). The molecule has 1 amide bonds. The average Bonchev–Trinajstić information content (AvgIpc) is 2.44. The summed E-state index contributed by atoms with van der Waals surface area (Å²) >= 11 is 6.65. The highest BCUT2D eigenvalue weighted by molar-refractivity contribution is 9.10. The van der Waals surface area contributed by atoms with Crippen LogP contribution in [-0.4, -0.2) is 17.2 Å². The summed E-state index contributed by atoms with van der Waals surface area (Å²) in [6, 6.07) is 10.5. The molecule has 0 aliphatic carbocycles. The van der Waals surface area contributed by atoms with Crippen LogP contribution in [0.25, 0.3) is 0 Å². The van der Waals surface area contributed by atoms with Gasteiger partial charge in [0.05, 0.1) is 6.21 Å². The second kappa shape index (κ2) is 6.87. The van der Waals surface area contributed by atoms with E-state index in [0.717, 1.165) is 14.5 Å². The molecule has 2 aromatic carbocycles. The van der Waals surface area contributed by atoms with Crippen LogP contribution in [0.2, 0.25) is 0 Å². The smallest absolute Gasteiger partial charge is 0.271 e. The molecule has 0 radical (unpaired) electrons. The van der Waals surface area contributed by atoms with E-state index in [-0.39, 0.29) is 11.7 Å². The number of benzene rings is 2. The number of nitrogens with zero attached hydrogens (tertiary/aromatic N) is 1. The standard InChI is InChI=1S/C15H12Br2N2O2/c1-9-6-13(17)7-11(14(9)20)8-18-19-15(21)10-2-4-12(16)5-3-10/h2-8,20H,1H3,(H,19,21)/b18-8+. The largest absolute Gasteiger partial charge is 0.507 e. The van der Waals surface area contributed by atoms with E-state index in [0.29, 0.717) is 11.1 Å². The number of phenols is 1. The fraction of sp³-hybridized carbons (Fsp3) is 0.0667. The molecule has 0 spiro atoms. The van der Waals surface area contributed by atoms with Gasteiger partial charge in [0.25, 0.3) is 5.91 Å². The van der Waals surface area contributed by atoms with Crippen LogP contribution >= 0.6 is 31.9 Å². The van der Waals surface area contributed by atoms with Gasteiger partial charge in [0.2, 0.25) is 0 Å². The molecule has 0 atom stereocenters. The van der Waals surface area contributed by atoms with E-state index in [1.807, 2.05) is 0 Å². The second-order valence-electron chi connectivity index (χ2n) is 4.37. The lowest BCUT2D eigenvalue weighted by Gasteiger charge is -2.04. The molecular formula is C15H12Br2N2O2. The van der Waals surface area contributed by atoms with Crippen molar-refractivity contribution in [2.24, 2.45) is 5.10 Å². The Hall–Kier alpha value is -1.66. The third-order valence-electron chi connectivity index (χ3n) is 2.77. The number of hydrazone groups is 1. The number of carbonyl (C=O) groups is 1. The van der Waals surface area contributed by atoms with Crippen LogP contribution in [0.5, 0.6) is 5.75 Å². The number of hydrogen-bond acceptors (Lipinski definition) is 3. The minimum Gasteiger partial charge on any atom is -0.507 e. The van der Waals surface area contributed by atoms with E-state index >= 15 is 0 Å². The van der Waals surface area contributed by atoms with Crippen LogP contribution in [0.1, 0.15) is 21.5 Å². The van der Waals surface area contributed by atoms with Gasteiger partial charge in [-0.2, -0.15) is 5.10 Å². The van der Waals surface area contributed by atoms with Gasteiger partial charge in [-0.1, -0.05) is 31.9 Å². The van der Waals surface area contributed by atoms with Gasteiger partial charge in [-0.25, -0.2) is 5.43 Å². The highest BCUT2D eigenvalue weighted by atomic mass is 79.9. The molecule has 0 heterocycles. The fourth-order valence-electron chi connectivity index (χ4n) is 1.69. The summed E-state index contributed by atoms with van der Waals surface area (Å²) in [5.74, 6) is -0.176. The SMILES string of the molecule is Cc1cc(Br)cc(/C=N/NC(=O)c2ccc(Br)cc2)c1O.